The molecule has 0 aliphatic heterocycles. The highest BCUT2D eigenvalue weighted by molar-refractivity contribution is 5.62. The van der Waals surface area contributed by atoms with Gasteiger partial charge >= 0.3 is 0 Å². The van der Waals surface area contributed by atoms with Crippen LogP contribution in [0.1, 0.15) is 47.0 Å². The third-order valence-corrected chi connectivity index (χ3v) is 1.45. The average Bonchev–Trinajstić information content (AvgIpc) is 2.00. The van der Waals surface area contributed by atoms with Crippen molar-refractivity contribution < 1.29 is 19.7 Å². The predicted molar refractivity (Wildman–Crippen MR) is 55.1 cm³/mol. The van der Waals surface area contributed by atoms with Crippen LogP contribution in [0.15, 0.2) is 0 Å². The second-order valence-corrected chi connectivity index (χ2v) is 3.23. The maximum Gasteiger partial charge on any atom is 0.300 e. The maximum atomic E-state index is 9.42. The minimum absolute atomic E-state index is 0.580. The fourth-order valence-corrected chi connectivity index (χ4v) is 0.888. The van der Waals surface area contributed by atoms with Crippen LogP contribution in [0.25, 0.3) is 0 Å². The van der Waals surface area contributed by atoms with Gasteiger partial charge in [0.15, 0.2) is 5.79 Å². The molecule has 2 N–H and O–H groups in total. The highest BCUT2D eigenvalue weighted by atomic mass is 16.6. The first-order valence-electron chi connectivity index (χ1n) is 4.91. The lowest BCUT2D eigenvalue weighted by Crippen LogP contribution is -2.27. The van der Waals surface area contributed by atoms with Gasteiger partial charge in [0.05, 0.1) is 0 Å². The van der Waals surface area contributed by atoms with Gasteiger partial charge < -0.3 is 14.9 Å². The quantitative estimate of drug-likeness (QED) is 0.675. The molecule has 0 aromatic heterocycles. The van der Waals surface area contributed by atoms with Gasteiger partial charge in [0.25, 0.3) is 5.97 Å². The summed E-state index contributed by atoms with van der Waals surface area (Å²) in [5.74, 6) is -1.73. The zero-order valence-corrected chi connectivity index (χ0v) is 9.54. The van der Waals surface area contributed by atoms with Crippen molar-refractivity contribution in [2.24, 2.45) is 0 Å². The van der Waals surface area contributed by atoms with E-state index in [4.69, 9.17) is 14.6 Å². The zero-order chi connectivity index (χ0) is 11.6. The molecule has 0 fully saturated rings. The molecule has 1 unspecified atom stereocenters. The first kappa shape index (κ1) is 15.8. The maximum absolute atomic E-state index is 9.42. The minimum Gasteiger partial charge on any atom is -0.481 e. The van der Waals surface area contributed by atoms with E-state index in [1.165, 1.54) is 0 Å². The SMILES string of the molecule is CC(=O)O.CCCCC(C)(O)OCC. The smallest absolute Gasteiger partial charge is 0.300 e. The second-order valence-electron chi connectivity index (χ2n) is 3.23. The van der Waals surface area contributed by atoms with Crippen molar-refractivity contribution in [1.29, 1.82) is 0 Å². The Balaban J connectivity index is 0. The molecular weight excluding hydrogens is 184 g/mol. The van der Waals surface area contributed by atoms with E-state index in [9.17, 15) is 5.11 Å². The van der Waals surface area contributed by atoms with Crippen LogP contribution < -0.4 is 0 Å². The highest BCUT2D eigenvalue weighted by Gasteiger charge is 2.18. The number of hydrogen-bond donors (Lipinski definition) is 2. The summed E-state index contributed by atoms with van der Waals surface area (Å²) in [7, 11) is 0. The van der Waals surface area contributed by atoms with Crippen molar-refractivity contribution in [3.05, 3.63) is 0 Å². The van der Waals surface area contributed by atoms with Gasteiger partial charge in [-0.25, -0.2) is 0 Å². The molecule has 0 aliphatic carbocycles. The fourth-order valence-electron chi connectivity index (χ4n) is 0.888. The third-order valence-electron chi connectivity index (χ3n) is 1.45. The van der Waals surface area contributed by atoms with Crippen molar-refractivity contribution in [2.75, 3.05) is 6.61 Å². The number of aliphatic carboxylic acids is 1. The number of carbonyl (C=O) groups is 1. The van der Waals surface area contributed by atoms with E-state index in [1.54, 1.807) is 6.92 Å². The molecule has 86 valence electrons. The number of hydrogen-bond acceptors (Lipinski definition) is 3. The van der Waals surface area contributed by atoms with Gasteiger partial charge in [0.1, 0.15) is 0 Å². The summed E-state index contributed by atoms with van der Waals surface area (Å²) in [5, 5.41) is 16.8. The van der Waals surface area contributed by atoms with Gasteiger partial charge in [-0.1, -0.05) is 13.3 Å². The number of aliphatic hydroxyl groups is 1. The Kier molecular flexibility index (Phi) is 10.1. The molecule has 0 saturated heterocycles. The van der Waals surface area contributed by atoms with Crippen molar-refractivity contribution in [3.8, 4) is 0 Å². The molecule has 14 heavy (non-hydrogen) atoms. The lowest BCUT2D eigenvalue weighted by atomic mass is 10.1. The van der Waals surface area contributed by atoms with Gasteiger partial charge in [-0.3, -0.25) is 4.79 Å². The summed E-state index contributed by atoms with van der Waals surface area (Å²) in [5.41, 5.74) is 0. The number of rotatable bonds is 5. The topological polar surface area (TPSA) is 66.8 Å². The first-order chi connectivity index (χ1) is 6.35. The average molecular weight is 206 g/mol. The van der Waals surface area contributed by atoms with Crippen molar-refractivity contribution in [3.63, 3.8) is 0 Å². The van der Waals surface area contributed by atoms with Gasteiger partial charge in [-0.05, 0) is 20.3 Å². The number of carboxylic acids is 1. The molecule has 4 heteroatoms. The molecule has 0 bridgehead atoms. The zero-order valence-electron chi connectivity index (χ0n) is 9.54. The van der Waals surface area contributed by atoms with Crippen LogP contribution in [0.4, 0.5) is 0 Å². The number of unbranched alkanes of at least 4 members (excludes halogenated alkanes) is 1. The Morgan fingerprint density at radius 1 is 1.43 bits per heavy atom. The lowest BCUT2D eigenvalue weighted by molar-refractivity contribution is -0.191. The Morgan fingerprint density at radius 2 is 1.86 bits per heavy atom. The van der Waals surface area contributed by atoms with E-state index in [0.717, 1.165) is 26.2 Å². The van der Waals surface area contributed by atoms with Crippen LogP contribution in [-0.2, 0) is 9.53 Å². The van der Waals surface area contributed by atoms with E-state index >= 15 is 0 Å². The summed E-state index contributed by atoms with van der Waals surface area (Å²) in [6.07, 6.45) is 2.85. The van der Waals surface area contributed by atoms with Gasteiger partial charge in [-0.2, -0.15) is 0 Å². The summed E-state index contributed by atoms with van der Waals surface area (Å²) in [6, 6.07) is 0. The Hall–Kier alpha value is -0.610. The molecule has 0 rings (SSSR count). The second kappa shape index (κ2) is 8.97. The van der Waals surface area contributed by atoms with E-state index in [2.05, 4.69) is 6.92 Å². The molecule has 0 aromatic carbocycles. The van der Waals surface area contributed by atoms with Crippen molar-refractivity contribution in [1.82, 2.24) is 0 Å². The fraction of sp³-hybridized carbons (Fsp3) is 0.900. The Morgan fingerprint density at radius 3 is 2.14 bits per heavy atom. The molecule has 1 atom stereocenters. The van der Waals surface area contributed by atoms with E-state index in [0.29, 0.717) is 6.61 Å². The van der Waals surface area contributed by atoms with E-state index in [1.807, 2.05) is 6.92 Å². The Bertz CT molecular complexity index is 139. The van der Waals surface area contributed by atoms with E-state index < -0.39 is 11.8 Å². The Labute approximate surface area is 85.9 Å². The van der Waals surface area contributed by atoms with Gasteiger partial charge in [0, 0.05) is 20.0 Å². The van der Waals surface area contributed by atoms with Gasteiger partial charge in [0.2, 0.25) is 0 Å². The number of carboxylic acid groups (broad SMARTS) is 1. The normalized spacial score (nSPS) is 13.8. The molecule has 0 heterocycles. The monoisotopic (exact) mass is 206 g/mol. The van der Waals surface area contributed by atoms with Gasteiger partial charge in [-0.15, -0.1) is 0 Å². The molecule has 0 spiro atoms. The van der Waals surface area contributed by atoms with Crippen molar-refractivity contribution in [2.45, 2.75) is 52.7 Å². The summed E-state index contributed by atoms with van der Waals surface area (Å²) in [6.45, 7) is 7.37. The first-order valence-corrected chi connectivity index (χ1v) is 4.91. The minimum atomic E-state index is -0.898. The van der Waals surface area contributed by atoms with Crippen LogP contribution in [-0.4, -0.2) is 28.6 Å². The molecule has 0 amide bonds. The summed E-state index contributed by atoms with van der Waals surface area (Å²) < 4.78 is 5.09. The third kappa shape index (κ3) is 17.5. The summed E-state index contributed by atoms with van der Waals surface area (Å²) in [4.78, 5) is 9.00. The number of ether oxygens (including phenoxy) is 1. The molecule has 4 nitrogen and oxygen atoms in total. The van der Waals surface area contributed by atoms with Crippen LogP contribution >= 0.6 is 0 Å². The van der Waals surface area contributed by atoms with Crippen LogP contribution in [0, 0.1) is 0 Å². The van der Waals surface area contributed by atoms with Crippen LogP contribution in [0.5, 0.6) is 0 Å². The molecule has 0 aromatic rings. The van der Waals surface area contributed by atoms with Crippen LogP contribution in [0.3, 0.4) is 0 Å². The molecular formula is C10H22O4. The largest absolute Gasteiger partial charge is 0.481 e. The highest BCUT2D eigenvalue weighted by Crippen LogP contribution is 2.14. The summed E-state index contributed by atoms with van der Waals surface area (Å²) >= 11 is 0. The standard InChI is InChI=1S/C8H18O2.C2H4O2/c1-4-6-7-8(3,9)10-5-2;1-2(3)4/h9H,4-7H2,1-3H3;1H3,(H,3,4). The predicted octanol–water partition coefficient (Wildman–Crippen LogP) is 2.01. The lowest BCUT2D eigenvalue weighted by Gasteiger charge is -2.22. The molecule has 0 aliphatic rings. The van der Waals surface area contributed by atoms with E-state index in [-0.39, 0.29) is 0 Å². The van der Waals surface area contributed by atoms with Crippen molar-refractivity contribution >= 4 is 5.97 Å². The molecule has 0 radical (unpaired) electrons. The van der Waals surface area contributed by atoms with Crippen LogP contribution in [0.2, 0.25) is 0 Å². The molecule has 0 saturated carbocycles.